The van der Waals surface area contributed by atoms with Gasteiger partial charge >= 0.3 is 0 Å². The van der Waals surface area contributed by atoms with E-state index in [9.17, 15) is 9.59 Å². The predicted molar refractivity (Wildman–Crippen MR) is 140 cm³/mol. The third kappa shape index (κ3) is 6.91. The van der Waals surface area contributed by atoms with Gasteiger partial charge in [-0.2, -0.15) is 0 Å². The zero-order valence-corrected chi connectivity index (χ0v) is 21.1. The molecule has 0 heterocycles. The van der Waals surface area contributed by atoms with E-state index in [1.54, 1.807) is 60.7 Å². The van der Waals surface area contributed by atoms with Crippen LogP contribution in [0.3, 0.4) is 0 Å². The van der Waals surface area contributed by atoms with Gasteiger partial charge in [-0.3, -0.25) is 9.59 Å². The van der Waals surface area contributed by atoms with Crippen molar-refractivity contribution in [3.05, 3.63) is 71.8 Å². The molecule has 36 heavy (non-hydrogen) atoms. The van der Waals surface area contributed by atoms with Gasteiger partial charge in [0.1, 0.15) is 0 Å². The van der Waals surface area contributed by atoms with Crippen LogP contribution in [0.5, 0.6) is 23.0 Å². The van der Waals surface area contributed by atoms with Crippen LogP contribution in [-0.4, -0.2) is 38.2 Å². The molecule has 8 heteroatoms. The van der Waals surface area contributed by atoms with Crippen LogP contribution in [0.4, 0.5) is 11.4 Å². The van der Waals surface area contributed by atoms with Gasteiger partial charge in [0, 0.05) is 34.6 Å². The summed E-state index contributed by atoms with van der Waals surface area (Å²) in [4.78, 5) is 25.5. The number of ether oxygens (including phenoxy) is 4. The molecule has 0 bridgehead atoms. The Kier molecular flexibility index (Phi) is 9.56. The molecule has 3 aromatic carbocycles. The Labute approximate surface area is 211 Å². The molecule has 0 aliphatic carbocycles. The van der Waals surface area contributed by atoms with Crippen LogP contribution < -0.4 is 29.6 Å². The lowest BCUT2D eigenvalue weighted by Gasteiger charge is -2.13. The minimum atomic E-state index is -0.304. The summed E-state index contributed by atoms with van der Waals surface area (Å²) in [5, 5.41) is 5.70. The fraction of sp³-hybridized carbons (Fsp3) is 0.286. The van der Waals surface area contributed by atoms with Gasteiger partial charge < -0.3 is 29.6 Å². The van der Waals surface area contributed by atoms with Gasteiger partial charge in [-0.25, -0.2) is 0 Å². The summed E-state index contributed by atoms with van der Waals surface area (Å²) in [7, 11) is 0. The molecule has 2 amide bonds. The van der Waals surface area contributed by atoms with Crippen molar-refractivity contribution in [3.63, 3.8) is 0 Å². The number of hydrogen-bond acceptors (Lipinski definition) is 6. The van der Waals surface area contributed by atoms with Crippen LogP contribution in [0, 0.1) is 0 Å². The van der Waals surface area contributed by atoms with Crippen LogP contribution in [0.2, 0.25) is 0 Å². The Morgan fingerprint density at radius 1 is 0.528 bits per heavy atom. The summed E-state index contributed by atoms with van der Waals surface area (Å²) in [6.45, 7) is 9.53. The maximum absolute atomic E-state index is 12.7. The highest BCUT2D eigenvalue weighted by molar-refractivity contribution is 6.07. The molecular weight excluding hydrogens is 460 g/mol. The van der Waals surface area contributed by atoms with Gasteiger partial charge in [0.05, 0.1) is 26.4 Å². The Morgan fingerprint density at radius 3 is 1.19 bits per heavy atom. The minimum absolute atomic E-state index is 0.304. The number of rotatable bonds is 12. The maximum atomic E-state index is 12.7. The molecule has 0 spiro atoms. The first-order valence-electron chi connectivity index (χ1n) is 12.0. The normalized spacial score (nSPS) is 10.3. The van der Waals surface area contributed by atoms with Crippen molar-refractivity contribution in [1.29, 1.82) is 0 Å². The van der Waals surface area contributed by atoms with E-state index in [-0.39, 0.29) is 11.8 Å². The zero-order valence-electron chi connectivity index (χ0n) is 21.1. The number of amides is 2. The van der Waals surface area contributed by atoms with Gasteiger partial charge in [0.25, 0.3) is 11.8 Å². The Bertz CT molecular complexity index is 1080. The highest BCUT2D eigenvalue weighted by Crippen LogP contribution is 2.32. The topological polar surface area (TPSA) is 95.1 Å². The van der Waals surface area contributed by atoms with Crippen LogP contribution in [0.25, 0.3) is 0 Å². The highest BCUT2D eigenvalue weighted by Gasteiger charge is 2.13. The molecule has 0 aliphatic heterocycles. The Hall–Kier alpha value is -4.20. The first-order valence-corrected chi connectivity index (χ1v) is 12.0. The number of nitrogens with one attached hydrogen (secondary N) is 2. The van der Waals surface area contributed by atoms with E-state index < -0.39 is 0 Å². The Balaban J connectivity index is 1.67. The van der Waals surface area contributed by atoms with Crippen molar-refractivity contribution < 1.29 is 28.5 Å². The molecule has 8 nitrogen and oxygen atoms in total. The second kappa shape index (κ2) is 13.0. The molecular formula is C28H32N2O6. The second-order valence-electron chi connectivity index (χ2n) is 7.54. The van der Waals surface area contributed by atoms with Gasteiger partial charge in [-0.05, 0) is 76.2 Å². The summed E-state index contributed by atoms with van der Waals surface area (Å²) in [5.41, 5.74) is 1.99. The molecule has 0 saturated heterocycles. The van der Waals surface area contributed by atoms with Crippen LogP contribution in [0.1, 0.15) is 48.4 Å². The lowest BCUT2D eigenvalue weighted by molar-refractivity contribution is 0.101. The average Bonchev–Trinajstić information content (AvgIpc) is 2.87. The number of anilines is 2. The van der Waals surface area contributed by atoms with Gasteiger partial charge in [-0.1, -0.05) is 0 Å². The smallest absolute Gasteiger partial charge is 0.255 e. The van der Waals surface area contributed by atoms with Gasteiger partial charge in [-0.15, -0.1) is 0 Å². The molecule has 0 aliphatic rings. The zero-order chi connectivity index (χ0) is 25.9. The first kappa shape index (κ1) is 26.4. The van der Waals surface area contributed by atoms with Crippen LogP contribution in [-0.2, 0) is 0 Å². The Morgan fingerprint density at radius 2 is 0.861 bits per heavy atom. The van der Waals surface area contributed by atoms with Crippen molar-refractivity contribution >= 4 is 23.2 Å². The summed E-state index contributed by atoms with van der Waals surface area (Å²) in [6, 6.07) is 16.9. The average molecular weight is 493 g/mol. The number of carbonyl (C=O) groups excluding carboxylic acids is 2. The van der Waals surface area contributed by atoms with E-state index in [4.69, 9.17) is 18.9 Å². The summed E-state index contributed by atoms with van der Waals surface area (Å²) in [5.74, 6) is 1.75. The molecule has 190 valence electrons. The van der Waals surface area contributed by atoms with E-state index in [2.05, 4.69) is 10.6 Å². The number of hydrogen-bond donors (Lipinski definition) is 2. The van der Waals surface area contributed by atoms with E-state index in [1.807, 2.05) is 27.7 Å². The van der Waals surface area contributed by atoms with Crippen molar-refractivity contribution in [1.82, 2.24) is 0 Å². The molecule has 3 rings (SSSR count). The standard InChI is InChI=1S/C28H32N2O6/c1-5-33-23-15-13-21(17-25(23)35-7-3)29-27(31)19-9-11-20(12-10-19)28(32)30-22-14-16-24(34-6-2)26(18-22)36-8-4/h9-18H,5-8H2,1-4H3,(H,29,31)(H,30,32). The molecule has 0 saturated carbocycles. The lowest BCUT2D eigenvalue weighted by Crippen LogP contribution is -2.14. The van der Waals surface area contributed by atoms with Crippen molar-refractivity contribution in [2.45, 2.75) is 27.7 Å². The number of carbonyl (C=O) groups is 2. The monoisotopic (exact) mass is 492 g/mol. The second-order valence-corrected chi connectivity index (χ2v) is 7.54. The van der Waals surface area contributed by atoms with Crippen molar-refractivity contribution in [3.8, 4) is 23.0 Å². The summed E-state index contributed by atoms with van der Waals surface area (Å²) < 4.78 is 22.3. The third-order valence-electron chi connectivity index (χ3n) is 5.01. The van der Waals surface area contributed by atoms with E-state index >= 15 is 0 Å². The number of benzene rings is 3. The molecule has 0 aromatic heterocycles. The quantitative estimate of drug-likeness (QED) is 0.333. The molecule has 0 atom stereocenters. The highest BCUT2D eigenvalue weighted by atomic mass is 16.5. The minimum Gasteiger partial charge on any atom is -0.490 e. The maximum Gasteiger partial charge on any atom is 0.255 e. The molecule has 0 fully saturated rings. The van der Waals surface area contributed by atoms with Crippen LogP contribution in [0.15, 0.2) is 60.7 Å². The lowest BCUT2D eigenvalue weighted by atomic mass is 10.1. The summed E-state index contributed by atoms with van der Waals surface area (Å²) >= 11 is 0. The first-order chi connectivity index (χ1) is 17.5. The SMILES string of the molecule is CCOc1ccc(NC(=O)c2ccc(C(=O)Nc3ccc(OCC)c(OCC)c3)cc2)cc1OCC. The fourth-order valence-electron chi connectivity index (χ4n) is 3.44. The van der Waals surface area contributed by atoms with Crippen molar-refractivity contribution in [2.24, 2.45) is 0 Å². The largest absolute Gasteiger partial charge is 0.490 e. The third-order valence-corrected chi connectivity index (χ3v) is 5.01. The fourth-order valence-corrected chi connectivity index (χ4v) is 3.44. The molecule has 3 aromatic rings. The van der Waals surface area contributed by atoms with Gasteiger partial charge in [0.15, 0.2) is 23.0 Å². The molecule has 0 unspecified atom stereocenters. The van der Waals surface area contributed by atoms with Crippen LogP contribution >= 0.6 is 0 Å². The van der Waals surface area contributed by atoms with E-state index in [1.165, 1.54) is 0 Å². The van der Waals surface area contributed by atoms with E-state index in [0.717, 1.165) is 0 Å². The molecule has 2 N–H and O–H groups in total. The van der Waals surface area contributed by atoms with E-state index in [0.29, 0.717) is 71.9 Å². The van der Waals surface area contributed by atoms with Crippen molar-refractivity contribution in [2.75, 3.05) is 37.1 Å². The molecule has 0 radical (unpaired) electrons. The predicted octanol–water partition coefficient (Wildman–Crippen LogP) is 5.79. The summed E-state index contributed by atoms with van der Waals surface area (Å²) in [6.07, 6.45) is 0. The van der Waals surface area contributed by atoms with Gasteiger partial charge in [0.2, 0.25) is 0 Å².